The number of hydrogen-bond donors (Lipinski definition) is 1. The van der Waals surface area contributed by atoms with Gasteiger partial charge in [0.25, 0.3) is 0 Å². The number of nitrogens with one attached hydrogen (secondary N) is 1. The molecule has 0 bridgehead atoms. The standard InChI is InChI=1S/C13H20N2OS/c1-9(2)6-11-8-17-13(15-11)14-7-12-5-4-10(3)16-12/h4-5,9,11H,6-8H2,1-3H3,(H,14,15). The summed E-state index contributed by atoms with van der Waals surface area (Å²) in [7, 11) is 0. The molecule has 2 rings (SSSR count). The third-order valence-electron chi connectivity index (χ3n) is 2.68. The molecule has 4 heteroatoms. The molecule has 1 aliphatic rings. The Balaban J connectivity index is 1.83. The van der Waals surface area contributed by atoms with E-state index in [0.717, 1.165) is 28.4 Å². The quantitative estimate of drug-likeness (QED) is 0.894. The second-order valence-corrected chi connectivity index (χ2v) is 5.92. The van der Waals surface area contributed by atoms with Gasteiger partial charge in [-0.05, 0) is 31.4 Å². The van der Waals surface area contributed by atoms with Crippen LogP contribution in [-0.4, -0.2) is 17.0 Å². The molecule has 17 heavy (non-hydrogen) atoms. The molecule has 2 heterocycles. The number of nitrogens with zero attached hydrogens (tertiary/aromatic N) is 1. The SMILES string of the molecule is Cc1ccc(CN=C2NC(CC(C)C)CS2)o1. The predicted octanol–water partition coefficient (Wildman–Crippen LogP) is 3.20. The lowest BCUT2D eigenvalue weighted by molar-refractivity contribution is 0.484. The minimum atomic E-state index is 0.581. The zero-order valence-electron chi connectivity index (χ0n) is 10.7. The molecule has 3 nitrogen and oxygen atoms in total. The van der Waals surface area contributed by atoms with Gasteiger partial charge in [-0.15, -0.1) is 0 Å². The Kier molecular flexibility index (Phi) is 4.15. The molecule has 1 unspecified atom stereocenters. The summed E-state index contributed by atoms with van der Waals surface area (Å²) in [6.07, 6.45) is 1.21. The monoisotopic (exact) mass is 252 g/mol. The molecule has 1 aromatic heterocycles. The maximum absolute atomic E-state index is 5.49. The first-order valence-electron chi connectivity index (χ1n) is 6.12. The van der Waals surface area contributed by atoms with Crippen molar-refractivity contribution in [1.29, 1.82) is 0 Å². The third kappa shape index (κ3) is 3.80. The number of thioether (sulfide) groups is 1. The maximum Gasteiger partial charge on any atom is 0.157 e. The molecule has 94 valence electrons. The van der Waals surface area contributed by atoms with Gasteiger partial charge in [-0.3, -0.25) is 4.99 Å². The summed E-state index contributed by atoms with van der Waals surface area (Å²) in [5.74, 6) is 3.75. The van der Waals surface area contributed by atoms with Crippen molar-refractivity contribution in [3.05, 3.63) is 23.7 Å². The smallest absolute Gasteiger partial charge is 0.157 e. The lowest BCUT2D eigenvalue weighted by atomic mass is 10.1. The first kappa shape index (κ1) is 12.6. The summed E-state index contributed by atoms with van der Waals surface area (Å²) in [5.41, 5.74) is 0. The van der Waals surface area contributed by atoms with E-state index in [2.05, 4.69) is 24.2 Å². The third-order valence-corrected chi connectivity index (χ3v) is 3.77. The first-order valence-corrected chi connectivity index (χ1v) is 7.11. The summed E-state index contributed by atoms with van der Waals surface area (Å²) in [6, 6.07) is 4.55. The lowest BCUT2D eigenvalue weighted by Crippen LogP contribution is -2.28. The van der Waals surface area contributed by atoms with Crippen LogP contribution in [-0.2, 0) is 6.54 Å². The Bertz CT molecular complexity index is 398. The van der Waals surface area contributed by atoms with Crippen LogP contribution in [0.3, 0.4) is 0 Å². The molecule has 1 aliphatic heterocycles. The molecule has 1 aromatic rings. The normalized spacial score (nSPS) is 22.4. The van der Waals surface area contributed by atoms with Crippen LogP contribution in [0.25, 0.3) is 0 Å². The van der Waals surface area contributed by atoms with Crippen LogP contribution in [0.2, 0.25) is 0 Å². The lowest BCUT2D eigenvalue weighted by Gasteiger charge is -2.11. The fourth-order valence-electron chi connectivity index (χ4n) is 1.94. The van der Waals surface area contributed by atoms with Gasteiger partial charge in [0, 0.05) is 11.8 Å². The second-order valence-electron chi connectivity index (χ2n) is 4.92. The topological polar surface area (TPSA) is 37.5 Å². The predicted molar refractivity (Wildman–Crippen MR) is 73.4 cm³/mol. The van der Waals surface area contributed by atoms with E-state index in [1.54, 1.807) is 0 Å². The summed E-state index contributed by atoms with van der Waals surface area (Å²) >= 11 is 1.82. The number of rotatable bonds is 4. The molecule has 1 saturated heterocycles. The number of hydrogen-bond acceptors (Lipinski definition) is 3. The molecule has 1 fully saturated rings. The number of amidine groups is 1. The van der Waals surface area contributed by atoms with Crippen LogP contribution in [0.15, 0.2) is 21.5 Å². The Morgan fingerprint density at radius 1 is 1.53 bits per heavy atom. The largest absolute Gasteiger partial charge is 0.464 e. The molecule has 1 N–H and O–H groups in total. The van der Waals surface area contributed by atoms with Gasteiger partial charge in [0.05, 0.1) is 6.54 Å². The maximum atomic E-state index is 5.49. The van der Waals surface area contributed by atoms with Gasteiger partial charge in [-0.1, -0.05) is 25.6 Å². The van der Waals surface area contributed by atoms with Crippen molar-refractivity contribution in [2.75, 3.05) is 5.75 Å². The van der Waals surface area contributed by atoms with Gasteiger partial charge in [-0.25, -0.2) is 0 Å². The van der Waals surface area contributed by atoms with Crippen LogP contribution in [0, 0.1) is 12.8 Å². The van der Waals surface area contributed by atoms with E-state index in [9.17, 15) is 0 Å². The Labute approximate surface area is 107 Å². The van der Waals surface area contributed by atoms with Crippen LogP contribution >= 0.6 is 11.8 Å². The van der Waals surface area contributed by atoms with Crippen molar-refractivity contribution < 1.29 is 4.42 Å². The fraction of sp³-hybridized carbons (Fsp3) is 0.615. The van der Waals surface area contributed by atoms with E-state index >= 15 is 0 Å². The Hall–Kier alpha value is -0.900. The summed E-state index contributed by atoms with van der Waals surface area (Å²) in [5, 5.41) is 4.53. The minimum Gasteiger partial charge on any atom is -0.464 e. The van der Waals surface area contributed by atoms with Crippen molar-refractivity contribution in [2.45, 2.75) is 39.8 Å². The fourth-order valence-corrected chi connectivity index (χ4v) is 2.93. The van der Waals surface area contributed by atoms with Crippen molar-refractivity contribution in [3.63, 3.8) is 0 Å². The highest BCUT2D eigenvalue weighted by Crippen LogP contribution is 2.19. The van der Waals surface area contributed by atoms with E-state index in [4.69, 9.17) is 4.42 Å². The highest BCUT2D eigenvalue weighted by Gasteiger charge is 2.20. The Morgan fingerprint density at radius 3 is 3.00 bits per heavy atom. The van der Waals surface area contributed by atoms with E-state index < -0.39 is 0 Å². The number of aliphatic imine (C=N–C) groups is 1. The molecular formula is C13H20N2OS. The Morgan fingerprint density at radius 2 is 2.35 bits per heavy atom. The van der Waals surface area contributed by atoms with Gasteiger partial charge in [0.15, 0.2) is 5.17 Å². The zero-order chi connectivity index (χ0) is 12.3. The number of aryl methyl sites for hydroxylation is 1. The van der Waals surface area contributed by atoms with Gasteiger partial charge >= 0.3 is 0 Å². The molecule has 0 aliphatic carbocycles. The van der Waals surface area contributed by atoms with Crippen molar-refractivity contribution in [3.8, 4) is 0 Å². The van der Waals surface area contributed by atoms with E-state index in [1.807, 2.05) is 30.8 Å². The zero-order valence-corrected chi connectivity index (χ0v) is 11.5. The highest BCUT2D eigenvalue weighted by atomic mass is 32.2. The number of furan rings is 1. The van der Waals surface area contributed by atoms with Gasteiger partial charge in [0.1, 0.15) is 11.5 Å². The van der Waals surface area contributed by atoms with Crippen LogP contribution in [0.4, 0.5) is 0 Å². The average molecular weight is 252 g/mol. The summed E-state index contributed by atoms with van der Waals surface area (Å²) < 4.78 is 5.49. The van der Waals surface area contributed by atoms with E-state index in [-0.39, 0.29) is 0 Å². The molecule has 1 atom stereocenters. The van der Waals surface area contributed by atoms with Crippen LogP contribution < -0.4 is 5.32 Å². The van der Waals surface area contributed by atoms with Crippen LogP contribution in [0.5, 0.6) is 0 Å². The molecule has 0 saturated carbocycles. The van der Waals surface area contributed by atoms with E-state index in [1.165, 1.54) is 6.42 Å². The van der Waals surface area contributed by atoms with Gasteiger partial charge < -0.3 is 9.73 Å². The van der Waals surface area contributed by atoms with Crippen LogP contribution in [0.1, 0.15) is 31.8 Å². The van der Waals surface area contributed by atoms with Gasteiger partial charge in [-0.2, -0.15) is 0 Å². The highest BCUT2D eigenvalue weighted by molar-refractivity contribution is 8.14. The summed E-state index contributed by atoms with van der Waals surface area (Å²) in [4.78, 5) is 4.54. The summed E-state index contributed by atoms with van der Waals surface area (Å²) in [6.45, 7) is 7.11. The van der Waals surface area contributed by atoms with Gasteiger partial charge in [0.2, 0.25) is 0 Å². The average Bonchev–Trinajstić information content (AvgIpc) is 2.84. The van der Waals surface area contributed by atoms with E-state index in [0.29, 0.717) is 12.6 Å². The molecule has 0 amide bonds. The second kappa shape index (κ2) is 5.63. The molecule has 0 aromatic carbocycles. The molecule has 0 radical (unpaired) electrons. The first-order chi connectivity index (χ1) is 8.13. The van der Waals surface area contributed by atoms with Crippen molar-refractivity contribution in [1.82, 2.24) is 5.32 Å². The molecule has 0 spiro atoms. The van der Waals surface area contributed by atoms with Crippen molar-refractivity contribution >= 4 is 16.9 Å². The minimum absolute atomic E-state index is 0.581. The van der Waals surface area contributed by atoms with Crippen molar-refractivity contribution in [2.24, 2.45) is 10.9 Å². The molecular weight excluding hydrogens is 232 g/mol.